The Morgan fingerprint density at radius 2 is 2.36 bits per heavy atom. The fraction of sp³-hybridized carbons (Fsp3) is 0.467. The van der Waals surface area contributed by atoms with Crippen LogP contribution >= 0.6 is 0 Å². The maximum Gasteiger partial charge on any atom is 0.315 e. The molecule has 0 aliphatic carbocycles. The van der Waals surface area contributed by atoms with Crippen LogP contribution in [0.4, 0.5) is 4.79 Å². The van der Waals surface area contributed by atoms with Crippen molar-refractivity contribution in [1.29, 1.82) is 0 Å². The number of rotatable bonds is 4. The van der Waals surface area contributed by atoms with Gasteiger partial charge in [-0.25, -0.2) is 9.78 Å². The van der Waals surface area contributed by atoms with Gasteiger partial charge in [0.2, 0.25) is 0 Å². The van der Waals surface area contributed by atoms with E-state index < -0.39 is 0 Å². The van der Waals surface area contributed by atoms with Gasteiger partial charge in [0.15, 0.2) is 0 Å². The van der Waals surface area contributed by atoms with E-state index >= 15 is 0 Å². The molecule has 22 heavy (non-hydrogen) atoms. The average Bonchev–Trinajstić information content (AvgIpc) is 3.08. The van der Waals surface area contributed by atoms with Crippen LogP contribution in [0.2, 0.25) is 0 Å². The molecule has 1 aliphatic rings. The smallest absolute Gasteiger partial charge is 0.315 e. The SMILES string of the molecule is CO[C@H]1COC[C@H]1NC(=O)NCc1c(C)nc2ccccn12. The molecule has 2 aromatic rings. The minimum absolute atomic E-state index is 0.0942. The zero-order valence-corrected chi connectivity index (χ0v) is 12.7. The van der Waals surface area contributed by atoms with Crippen LogP contribution in [0.5, 0.6) is 0 Å². The molecule has 0 radical (unpaired) electrons. The fourth-order valence-electron chi connectivity index (χ4n) is 2.66. The van der Waals surface area contributed by atoms with Crippen LogP contribution in [0, 0.1) is 6.92 Å². The number of aromatic nitrogens is 2. The van der Waals surface area contributed by atoms with Crippen LogP contribution in [0.15, 0.2) is 24.4 Å². The molecule has 7 nitrogen and oxygen atoms in total. The number of hydrogen-bond acceptors (Lipinski definition) is 4. The van der Waals surface area contributed by atoms with Crippen LogP contribution in [0.25, 0.3) is 5.65 Å². The molecule has 1 fully saturated rings. The minimum Gasteiger partial charge on any atom is -0.377 e. The molecule has 0 unspecified atom stereocenters. The monoisotopic (exact) mass is 304 g/mol. The number of carbonyl (C=O) groups excluding carboxylic acids is 1. The van der Waals surface area contributed by atoms with Gasteiger partial charge in [0, 0.05) is 13.3 Å². The van der Waals surface area contributed by atoms with E-state index in [1.54, 1.807) is 7.11 Å². The topological polar surface area (TPSA) is 76.9 Å². The molecule has 2 aromatic heterocycles. The second-order valence-corrected chi connectivity index (χ2v) is 5.32. The zero-order chi connectivity index (χ0) is 15.5. The van der Waals surface area contributed by atoms with E-state index in [0.29, 0.717) is 19.8 Å². The summed E-state index contributed by atoms with van der Waals surface area (Å²) in [6.07, 6.45) is 1.85. The van der Waals surface area contributed by atoms with Gasteiger partial charge in [-0.2, -0.15) is 0 Å². The molecule has 1 aliphatic heterocycles. The molecule has 118 valence electrons. The Bertz CT molecular complexity index is 670. The molecule has 0 spiro atoms. The lowest BCUT2D eigenvalue weighted by molar-refractivity contribution is 0.0745. The molecule has 0 saturated carbocycles. The minimum atomic E-state index is -0.233. The largest absolute Gasteiger partial charge is 0.377 e. The average molecular weight is 304 g/mol. The van der Waals surface area contributed by atoms with Crippen LogP contribution in [0.1, 0.15) is 11.4 Å². The van der Waals surface area contributed by atoms with Crippen molar-refractivity contribution < 1.29 is 14.3 Å². The van der Waals surface area contributed by atoms with Crippen LogP contribution in [-0.2, 0) is 16.0 Å². The molecule has 2 atom stereocenters. The first-order valence-corrected chi connectivity index (χ1v) is 7.26. The fourth-order valence-corrected chi connectivity index (χ4v) is 2.66. The second kappa shape index (κ2) is 6.33. The molecule has 0 bridgehead atoms. The third-order valence-electron chi connectivity index (χ3n) is 3.89. The number of ether oxygens (including phenoxy) is 2. The van der Waals surface area contributed by atoms with Crippen molar-refractivity contribution >= 4 is 11.7 Å². The van der Waals surface area contributed by atoms with E-state index in [0.717, 1.165) is 17.0 Å². The van der Waals surface area contributed by atoms with Crippen molar-refractivity contribution in [2.75, 3.05) is 20.3 Å². The number of urea groups is 1. The molecule has 7 heteroatoms. The summed E-state index contributed by atoms with van der Waals surface area (Å²) in [5.74, 6) is 0. The van der Waals surface area contributed by atoms with Gasteiger partial charge in [-0.15, -0.1) is 0 Å². The van der Waals surface area contributed by atoms with Crippen molar-refractivity contribution in [3.8, 4) is 0 Å². The van der Waals surface area contributed by atoms with Crippen LogP contribution in [0.3, 0.4) is 0 Å². The number of fused-ring (bicyclic) bond motifs is 1. The number of methoxy groups -OCH3 is 1. The molecule has 3 heterocycles. The highest BCUT2D eigenvalue weighted by Crippen LogP contribution is 2.12. The van der Waals surface area contributed by atoms with Crippen molar-refractivity contribution in [3.63, 3.8) is 0 Å². The summed E-state index contributed by atoms with van der Waals surface area (Å²) in [4.78, 5) is 16.5. The Hall–Kier alpha value is -2.12. The Morgan fingerprint density at radius 3 is 3.18 bits per heavy atom. The van der Waals surface area contributed by atoms with Gasteiger partial charge in [0.1, 0.15) is 11.8 Å². The number of nitrogens with one attached hydrogen (secondary N) is 2. The lowest BCUT2D eigenvalue weighted by atomic mass is 10.2. The number of imidazole rings is 1. The molecular weight excluding hydrogens is 284 g/mol. The standard InChI is InChI=1S/C15H20N4O3/c1-10-12(19-6-4-3-5-14(19)17-10)7-16-15(20)18-11-8-22-9-13(11)21-2/h3-6,11,13H,7-9H2,1-2H3,(H2,16,18,20)/t11-,13+/m1/s1. The van der Waals surface area contributed by atoms with E-state index in [4.69, 9.17) is 9.47 Å². The first kappa shape index (κ1) is 14.8. The van der Waals surface area contributed by atoms with E-state index in [2.05, 4.69) is 15.6 Å². The molecule has 2 amide bonds. The van der Waals surface area contributed by atoms with Gasteiger partial charge in [-0.1, -0.05) is 6.07 Å². The van der Waals surface area contributed by atoms with Crippen LogP contribution in [-0.4, -0.2) is 47.9 Å². The maximum absolute atomic E-state index is 12.0. The van der Waals surface area contributed by atoms with E-state index in [1.807, 2.05) is 35.7 Å². The quantitative estimate of drug-likeness (QED) is 0.878. The maximum atomic E-state index is 12.0. The molecule has 2 N–H and O–H groups in total. The lowest BCUT2D eigenvalue weighted by Crippen LogP contribution is -2.47. The Morgan fingerprint density at radius 1 is 1.50 bits per heavy atom. The van der Waals surface area contributed by atoms with E-state index in [-0.39, 0.29) is 18.2 Å². The number of aryl methyl sites for hydroxylation is 1. The first-order valence-electron chi connectivity index (χ1n) is 7.26. The second-order valence-electron chi connectivity index (χ2n) is 5.32. The van der Waals surface area contributed by atoms with Crippen molar-refractivity contribution in [1.82, 2.24) is 20.0 Å². The summed E-state index contributed by atoms with van der Waals surface area (Å²) in [5, 5.41) is 5.75. The van der Waals surface area contributed by atoms with E-state index in [1.165, 1.54) is 0 Å². The Kier molecular flexibility index (Phi) is 4.26. The highest BCUT2D eigenvalue weighted by atomic mass is 16.5. The third kappa shape index (κ3) is 2.90. The summed E-state index contributed by atoms with van der Waals surface area (Å²) in [6, 6.07) is 5.47. The molecule has 1 saturated heterocycles. The normalized spacial score (nSPS) is 21.2. The Balaban J connectivity index is 1.62. The summed E-state index contributed by atoms with van der Waals surface area (Å²) < 4.78 is 12.6. The van der Waals surface area contributed by atoms with Gasteiger partial charge in [0.05, 0.1) is 37.2 Å². The van der Waals surface area contributed by atoms with Crippen molar-refractivity contribution in [2.24, 2.45) is 0 Å². The van der Waals surface area contributed by atoms with Crippen molar-refractivity contribution in [2.45, 2.75) is 25.6 Å². The molecule has 3 rings (SSSR count). The molecular formula is C15H20N4O3. The van der Waals surface area contributed by atoms with Gasteiger partial charge in [-0.05, 0) is 19.1 Å². The van der Waals surface area contributed by atoms with Crippen LogP contribution < -0.4 is 10.6 Å². The van der Waals surface area contributed by atoms with E-state index in [9.17, 15) is 4.79 Å². The summed E-state index contributed by atoms with van der Waals surface area (Å²) >= 11 is 0. The lowest BCUT2D eigenvalue weighted by Gasteiger charge is -2.18. The zero-order valence-electron chi connectivity index (χ0n) is 12.7. The number of amides is 2. The number of nitrogens with zero attached hydrogens (tertiary/aromatic N) is 2. The predicted octanol–water partition coefficient (Wildman–Crippen LogP) is 0.856. The number of hydrogen-bond donors (Lipinski definition) is 2. The first-order chi connectivity index (χ1) is 10.7. The number of carbonyl (C=O) groups is 1. The van der Waals surface area contributed by atoms with Gasteiger partial charge >= 0.3 is 6.03 Å². The summed E-state index contributed by atoms with van der Waals surface area (Å²) in [5.41, 5.74) is 2.75. The van der Waals surface area contributed by atoms with Gasteiger partial charge in [0.25, 0.3) is 0 Å². The molecule has 0 aromatic carbocycles. The van der Waals surface area contributed by atoms with Gasteiger partial charge < -0.3 is 24.5 Å². The van der Waals surface area contributed by atoms with Gasteiger partial charge in [-0.3, -0.25) is 0 Å². The third-order valence-corrected chi connectivity index (χ3v) is 3.89. The predicted molar refractivity (Wildman–Crippen MR) is 80.7 cm³/mol. The highest BCUT2D eigenvalue weighted by Gasteiger charge is 2.29. The summed E-state index contributed by atoms with van der Waals surface area (Å²) in [6.45, 7) is 3.33. The highest BCUT2D eigenvalue weighted by molar-refractivity contribution is 5.74. The number of pyridine rings is 1. The Labute approximate surface area is 128 Å². The summed E-state index contributed by atoms with van der Waals surface area (Å²) in [7, 11) is 1.62. The van der Waals surface area contributed by atoms with Crippen molar-refractivity contribution in [3.05, 3.63) is 35.8 Å².